The number of halogens is 5. The van der Waals surface area contributed by atoms with Crippen molar-refractivity contribution in [3.63, 3.8) is 0 Å². The number of hydrogen-bond acceptors (Lipinski definition) is 5. The van der Waals surface area contributed by atoms with Crippen molar-refractivity contribution >= 4 is 40.9 Å². The van der Waals surface area contributed by atoms with Gasteiger partial charge in [0.1, 0.15) is 5.82 Å². The van der Waals surface area contributed by atoms with Crippen LogP contribution in [0.1, 0.15) is 43.9 Å². The van der Waals surface area contributed by atoms with E-state index in [0.29, 0.717) is 47.4 Å². The molecule has 184 valence electrons. The van der Waals surface area contributed by atoms with Crippen LogP contribution in [0.25, 0.3) is 0 Å². The maximum absolute atomic E-state index is 12.7. The Morgan fingerprint density at radius 3 is 2.38 bits per heavy atom. The zero-order valence-corrected chi connectivity index (χ0v) is 20.0. The topological polar surface area (TPSA) is 71.5 Å². The van der Waals surface area contributed by atoms with Gasteiger partial charge in [-0.15, -0.1) is 0 Å². The molecule has 0 aliphatic carbocycles. The Kier molecular flexibility index (Phi) is 8.30. The molecule has 2 atom stereocenters. The van der Waals surface area contributed by atoms with E-state index in [4.69, 9.17) is 27.9 Å². The van der Waals surface area contributed by atoms with Gasteiger partial charge in [0.2, 0.25) is 0 Å². The van der Waals surface area contributed by atoms with E-state index >= 15 is 0 Å². The van der Waals surface area contributed by atoms with E-state index < -0.39 is 41.7 Å². The predicted octanol–water partition coefficient (Wildman–Crippen LogP) is 5.43. The molecule has 1 N–H and O–H groups in total. The van der Waals surface area contributed by atoms with Gasteiger partial charge in [-0.1, -0.05) is 29.3 Å². The van der Waals surface area contributed by atoms with Gasteiger partial charge in [0.25, 0.3) is 5.91 Å². The first-order valence-electron chi connectivity index (χ1n) is 10.7. The number of hydrogen-bond donors (Lipinski definition) is 1. The number of ether oxygens (including phenoxy) is 1. The molecule has 1 aromatic carbocycles. The third kappa shape index (κ3) is 6.54. The minimum atomic E-state index is -4.44. The highest BCUT2D eigenvalue weighted by Gasteiger charge is 2.32. The van der Waals surface area contributed by atoms with Crippen LogP contribution in [0.15, 0.2) is 36.5 Å². The van der Waals surface area contributed by atoms with Gasteiger partial charge in [-0.3, -0.25) is 9.59 Å². The number of benzene rings is 1. The summed E-state index contributed by atoms with van der Waals surface area (Å²) >= 11 is 12.1. The number of pyridine rings is 1. The second-order valence-corrected chi connectivity index (χ2v) is 8.98. The lowest BCUT2D eigenvalue weighted by molar-refractivity contribution is -0.159. The molecule has 0 radical (unpaired) electrons. The SMILES string of the molecule is CC(OC(=O)C1CCN(c2ccc(C(F)(F)F)cn2)CC1)C(=O)NC(C)c1ccc(Cl)cc1Cl. The van der Waals surface area contributed by atoms with Gasteiger partial charge >= 0.3 is 12.1 Å². The van der Waals surface area contributed by atoms with Gasteiger partial charge in [-0.2, -0.15) is 13.2 Å². The molecule has 0 bridgehead atoms. The summed E-state index contributed by atoms with van der Waals surface area (Å²) in [5, 5.41) is 3.67. The monoisotopic (exact) mass is 517 g/mol. The molecule has 1 saturated heterocycles. The van der Waals surface area contributed by atoms with Gasteiger partial charge in [-0.25, -0.2) is 4.98 Å². The van der Waals surface area contributed by atoms with Crippen molar-refractivity contribution in [1.29, 1.82) is 0 Å². The standard InChI is InChI=1S/C23H24Cl2F3N3O3/c1-13(18-5-4-17(24)11-19(18)25)30-21(32)14(2)34-22(33)15-7-9-31(10-8-15)20-6-3-16(12-29-20)23(26,27)28/h3-6,11-15H,7-10H2,1-2H3,(H,30,32). The van der Waals surface area contributed by atoms with Crippen molar-refractivity contribution in [2.24, 2.45) is 5.92 Å². The van der Waals surface area contributed by atoms with Gasteiger partial charge in [0.15, 0.2) is 6.10 Å². The Bertz CT molecular complexity index is 1030. The Morgan fingerprint density at radius 1 is 1.15 bits per heavy atom. The van der Waals surface area contributed by atoms with Crippen LogP contribution in [0, 0.1) is 5.92 Å². The summed E-state index contributed by atoms with van der Waals surface area (Å²) in [6, 6.07) is 6.85. The second kappa shape index (κ2) is 10.8. The summed E-state index contributed by atoms with van der Waals surface area (Å²) in [5.41, 5.74) is -0.128. The van der Waals surface area contributed by atoms with Crippen LogP contribution in [0.3, 0.4) is 0 Å². The number of aromatic nitrogens is 1. The fraction of sp³-hybridized carbons (Fsp3) is 0.435. The molecule has 0 spiro atoms. The van der Waals surface area contributed by atoms with E-state index in [9.17, 15) is 22.8 Å². The van der Waals surface area contributed by atoms with Crippen LogP contribution < -0.4 is 10.2 Å². The molecule has 2 aromatic rings. The van der Waals surface area contributed by atoms with Crippen molar-refractivity contribution in [3.8, 4) is 0 Å². The van der Waals surface area contributed by atoms with Gasteiger partial charge in [0, 0.05) is 29.3 Å². The number of amides is 1. The zero-order valence-electron chi connectivity index (χ0n) is 18.5. The van der Waals surface area contributed by atoms with Gasteiger partial charge in [0.05, 0.1) is 17.5 Å². The molecular formula is C23H24Cl2F3N3O3. The summed E-state index contributed by atoms with van der Waals surface area (Å²) in [6.07, 6.45) is -3.77. The third-order valence-corrected chi connectivity index (χ3v) is 6.24. The highest BCUT2D eigenvalue weighted by molar-refractivity contribution is 6.35. The van der Waals surface area contributed by atoms with Gasteiger partial charge in [-0.05, 0) is 56.5 Å². The third-order valence-electron chi connectivity index (χ3n) is 5.68. The van der Waals surface area contributed by atoms with Crippen molar-refractivity contribution in [3.05, 3.63) is 57.7 Å². The fourth-order valence-electron chi connectivity index (χ4n) is 3.67. The van der Waals surface area contributed by atoms with Crippen LogP contribution in [0.4, 0.5) is 19.0 Å². The average Bonchev–Trinajstić information content (AvgIpc) is 2.78. The second-order valence-electron chi connectivity index (χ2n) is 8.14. The highest BCUT2D eigenvalue weighted by atomic mass is 35.5. The molecule has 1 aliphatic heterocycles. The molecule has 3 rings (SSSR count). The maximum atomic E-state index is 12.7. The van der Waals surface area contributed by atoms with E-state index in [1.165, 1.54) is 13.0 Å². The summed E-state index contributed by atoms with van der Waals surface area (Å²) in [7, 11) is 0. The zero-order chi connectivity index (χ0) is 25.0. The molecule has 0 saturated carbocycles. The van der Waals surface area contributed by atoms with Crippen molar-refractivity contribution in [2.75, 3.05) is 18.0 Å². The number of rotatable bonds is 6. The summed E-state index contributed by atoms with van der Waals surface area (Å²) < 4.78 is 43.5. The first-order valence-corrected chi connectivity index (χ1v) is 11.5. The summed E-state index contributed by atoms with van der Waals surface area (Å²) in [4.78, 5) is 30.8. The lowest BCUT2D eigenvalue weighted by Gasteiger charge is -2.32. The lowest BCUT2D eigenvalue weighted by Crippen LogP contribution is -2.41. The van der Waals surface area contributed by atoms with Crippen molar-refractivity contribution in [2.45, 2.75) is 45.0 Å². The molecule has 6 nitrogen and oxygen atoms in total. The number of piperidine rings is 1. The van der Waals surface area contributed by atoms with E-state index in [-0.39, 0.29) is 0 Å². The van der Waals surface area contributed by atoms with Crippen LogP contribution in [-0.4, -0.2) is 36.1 Å². The van der Waals surface area contributed by atoms with Crippen LogP contribution >= 0.6 is 23.2 Å². The number of anilines is 1. The number of nitrogens with zero attached hydrogens (tertiary/aromatic N) is 2. The minimum Gasteiger partial charge on any atom is -0.452 e. The number of carbonyl (C=O) groups is 2. The summed E-state index contributed by atoms with van der Waals surface area (Å²) in [6.45, 7) is 4.12. The lowest BCUT2D eigenvalue weighted by atomic mass is 9.97. The molecular weight excluding hydrogens is 494 g/mol. The first-order chi connectivity index (χ1) is 16.0. The molecule has 11 heteroatoms. The van der Waals surface area contributed by atoms with Crippen LogP contribution in [0.5, 0.6) is 0 Å². The van der Waals surface area contributed by atoms with Crippen LogP contribution in [-0.2, 0) is 20.5 Å². The molecule has 34 heavy (non-hydrogen) atoms. The Hall–Kier alpha value is -2.52. The molecule has 1 aliphatic rings. The first kappa shape index (κ1) is 26.1. The Balaban J connectivity index is 1.49. The van der Waals surface area contributed by atoms with Crippen molar-refractivity contribution in [1.82, 2.24) is 10.3 Å². The number of nitrogens with one attached hydrogen (secondary N) is 1. The predicted molar refractivity (Wildman–Crippen MR) is 123 cm³/mol. The van der Waals surface area contributed by atoms with E-state index in [1.807, 2.05) is 4.90 Å². The minimum absolute atomic E-state index is 0.413. The Labute approximate surface area is 205 Å². The van der Waals surface area contributed by atoms with Gasteiger partial charge < -0.3 is 15.0 Å². The van der Waals surface area contributed by atoms with Crippen molar-refractivity contribution < 1.29 is 27.5 Å². The normalized spacial score (nSPS) is 16.6. The Morgan fingerprint density at radius 2 is 1.82 bits per heavy atom. The fourth-order valence-corrected chi connectivity index (χ4v) is 4.24. The molecule has 2 unspecified atom stereocenters. The molecule has 1 aromatic heterocycles. The van der Waals surface area contributed by atoms with E-state index in [2.05, 4.69) is 10.3 Å². The smallest absolute Gasteiger partial charge is 0.417 e. The number of carbonyl (C=O) groups excluding carboxylic acids is 2. The summed E-state index contributed by atoms with van der Waals surface area (Å²) in [5.74, 6) is -0.940. The largest absolute Gasteiger partial charge is 0.452 e. The molecule has 2 heterocycles. The van der Waals surface area contributed by atoms with Crippen LogP contribution in [0.2, 0.25) is 10.0 Å². The van der Waals surface area contributed by atoms with E-state index in [0.717, 1.165) is 12.3 Å². The average molecular weight is 518 g/mol. The highest BCUT2D eigenvalue weighted by Crippen LogP contribution is 2.30. The van der Waals surface area contributed by atoms with E-state index in [1.54, 1.807) is 25.1 Å². The molecule has 1 amide bonds. The number of esters is 1. The quantitative estimate of drug-likeness (QED) is 0.517. The maximum Gasteiger partial charge on any atom is 0.417 e. The number of alkyl halides is 3. The molecule has 1 fully saturated rings.